The molecule has 0 aliphatic carbocycles. The highest BCUT2D eigenvalue weighted by atomic mass is 32.2. The van der Waals surface area contributed by atoms with Crippen molar-refractivity contribution in [2.24, 2.45) is 11.5 Å². The van der Waals surface area contributed by atoms with Crippen LogP contribution < -0.4 is 22.5 Å². The smallest absolute Gasteiger partial charge is 0.270 e. The van der Waals surface area contributed by atoms with Gasteiger partial charge >= 0.3 is 0 Å². The highest BCUT2D eigenvalue weighted by molar-refractivity contribution is 8.14. The number of nitrogens with zero attached hydrogens (tertiary/aromatic N) is 2. The van der Waals surface area contributed by atoms with Crippen molar-refractivity contribution in [3.63, 3.8) is 0 Å². The number of amides is 3. The van der Waals surface area contributed by atoms with Crippen molar-refractivity contribution < 1.29 is 29.0 Å². The molecule has 2 saturated heterocycles. The minimum absolute atomic E-state index is 0.0551. The fourth-order valence-electron chi connectivity index (χ4n) is 3.84. The Labute approximate surface area is 306 Å². The lowest BCUT2D eigenvalue weighted by atomic mass is 10.1. The average Bonchev–Trinajstić information content (AvgIpc) is 3.80. The number of aliphatic hydroxyl groups is 2. The molecule has 5 rings (SSSR count). The molecule has 1 aromatic heterocycles. The first-order valence-electron chi connectivity index (χ1n) is 15.1. The molecule has 3 amide bonds. The van der Waals surface area contributed by atoms with Crippen LogP contribution in [0.25, 0.3) is 10.6 Å². The van der Waals surface area contributed by atoms with Crippen molar-refractivity contribution in [3.05, 3.63) is 70.7 Å². The van der Waals surface area contributed by atoms with E-state index in [0.29, 0.717) is 41.8 Å². The lowest BCUT2D eigenvalue weighted by Gasteiger charge is -2.06. The molecule has 10 N–H and O–H groups in total. The Kier molecular flexibility index (Phi) is 21.6. The molecule has 0 radical (unpaired) electrons. The van der Waals surface area contributed by atoms with E-state index in [1.165, 1.54) is 30.1 Å². The first-order valence-corrected chi connectivity index (χ1v) is 16.8. The van der Waals surface area contributed by atoms with E-state index in [2.05, 4.69) is 54.6 Å². The van der Waals surface area contributed by atoms with Gasteiger partial charge in [-0.25, -0.2) is 9.37 Å². The molecular weight excluding hydrogens is 694 g/mol. The van der Waals surface area contributed by atoms with Gasteiger partial charge < -0.3 is 37.6 Å². The first-order chi connectivity index (χ1) is 24.2. The summed E-state index contributed by atoms with van der Waals surface area (Å²) in [6.45, 7) is 5.47. The fourth-order valence-corrected chi connectivity index (χ4v) is 5.43. The molecule has 0 spiro atoms. The topological polar surface area (TPSA) is 222 Å². The van der Waals surface area contributed by atoms with Crippen LogP contribution in [0.1, 0.15) is 53.9 Å². The normalized spacial score (nSPS) is 15.2. The molecule has 2 aromatic carbocycles. The average molecular weight is 738 g/mol. The minimum atomic E-state index is -0.747. The summed E-state index contributed by atoms with van der Waals surface area (Å²) in [5.41, 5.74) is 17.6. The molecule has 0 bridgehead atoms. The molecule has 51 heavy (non-hydrogen) atoms. The van der Waals surface area contributed by atoms with Crippen LogP contribution in [-0.2, 0) is 9.59 Å². The van der Waals surface area contributed by atoms with Crippen molar-refractivity contribution >= 4 is 50.9 Å². The summed E-state index contributed by atoms with van der Waals surface area (Å²) >= 11 is 2.53. The summed E-state index contributed by atoms with van der Waals surface area (Å²) in [6.07, 6.45) is 18.2. The number of primary amides is 1. The number of aromatic nitrogens is 1. The second-order valence-electron chi connectivity index (χ2n) is 10.3. The van der Waals surface area contributed by atoms with Crippen molar-refractivity contribution in [2.45, 2.75) is 44.1 Å². The molecular formula is C36H44FN7O5S2. The van der Waals surface area contributed by atoms with E-state index < -0.39 is 23.9 Å². The fraction of sp³-hybridized carbons (Fsp3) is 0.306. The van der Waals surface area contributed by atoms with Crippen LogP contribution in [0, 0.1) is 48.8 Å². The van der Waals surface area contributed by atoms with Crippen LogP contribution in [0.3, 0.4) is 0 Å². The number of hydrogen-bond acceptors (Lipinski definition) is 11. The number of halogens is 1. The molecule has 2 fully saturated rings. The van der Waals surface area contributed by atoms with Crippen LogP contribution in [-0.4, -0.2) is 87.5 Å². The molecule has 0 saturated carbocycles. The Morgan fingerprint density at radius 2 is 1.71 bits per heavy atom. The summed E-state index contributed by atoms with van der Waals surface area (Å²) in [6, 6.07) is 11.7. The molecule has 272 valence electrons. The van der Waals surface area contributed by atoms with Gasteiger partial charge in [0.15, 0.2) is 5.69 Å². The highest BCUT2D eigenvalue weighted by Crippen LogP contribution is 2.32. The van der Waals surface area contributed by atoms with E-state index in [1.54, 1.807) is 18.8 Å². The highest BCUT2D eigenvalue weighted by Gasteiger charge is 2.26. The Morgan fingerprint density at radius 1 is 1.10 bits per heavy atom. The maximum absolute atomic E-state index is 13.7. The van der Waals surface area contributed by atoms with Gasteiger partial charge in [0.2, 0.25) is 5.91 Å². The van der Waals surface area contributed by atoms with Gasteiger partial charge in [0.25, 0.3) is 11.8 Å². The Morgan fingerprint density at radius 3 is 2.10 bits per heavy atom. The van der Waals surface area contributed by atoms with Gasteiger partial charge in [-0.3, -0.25) is 19.8 Å². The summed E-state index contributed by atoms with van der Waals surface area (Å²) < 4.78 is 13.7. The zero-order valence-electron chi connectivity index (χ0n) is 28.9. The SMILES string of the molecule is C#C.C#Cc1ccc(F)c(-c2nc(C(N)=O)c(N)s2)c1.C#Cc1cccc(C(=N)SC(C)C)c1.CN.CN1CC[C@H](O)C1=O.O=C1NCC[C@@H]1O. The van der Waals surface area contributed by atoms with E-state index in [9.17, 15) is 18.8 Å². The zero-order valence-corrected chi connectivity index (χ0v) is 30.5. The van der Waals surface area contributed by atoms with Gasteiger partial charge in [-0.1, -0.05) is 49.2 Å². The number of carbonyl (C=O) groups excluding carboxylic acids is 3. The summed E-state index contributed by atoms with van der Waals surface area (Å²) in [5.74, 6) is 3.35. The molecule has 2 aliphatic heterocycles. The summed E-state index contributed by atoms with van der Waals surface area (Å²) in [5, 5.41) is 29.1. The van der Waals surface area contributed by atoms with Crippen LogP contribution >= 0.6 is 23.1 Å². The van der Waals surface area contributed by atoms with E-state index in [1.807, 2.05) is 24.3 Å². The van der Waals surface area contributed by atoms with Crippen molar-refractivity contribution in [2.75, 3.05) is 32.9 Å². The number of carbonyl (C=O) groups is 3. The number of nitrogen functional groups attached to an aromatic ring is 1. The van der Waals surface area contributed by atoms with Gasteiger partial charge in [0.05, 0.1) is 5.04 Å². The second-order valence-corrected chi connectivity index (χ2v) is 12.9. The molecule has 3 aromatic rings. The molecule has 3 heterocycles. The third-order valence-electron chi connectivity index (χ3n) is 6.31. The quantitative estimate of drug-likeness (QED) is 0.119. The Bertz CT molecular complexity index is 1720. The number of rotatable bonds is 4. The Balaban J connectivity index is 0.000000670. The van der Waals surface area contributed by atoms with Crippen LogP contribution in [0.5, 0.6) is 0 Å². The number of thioether (sulfide) groups is 1. The summed E-state index contributed by atoms with van der Waals surface area (Å²) in [7, 11) is 3.19. The monoisotopic (exact) mass is 737 g/mol. The number of nitrogens with two attached hydrogens (primary N) is 3. The van der Waals surface area contributed by atoms with Gasteiger partial charge in [-0.2, -0.15) is 0 Å². The van der Waals surface area contributed by atoms with Crippen LogP contribution in [0.2, 0.25) is 0 Å². The number of anilines is 1. The third-order valence-corrected chi connectivity index (χ3v) is 8.17. The molecule has 2 atom stereocenters. The number of nitrogens with one attached hydrogen (secondary N) is 2. The van der Waals surface area contributed by atoms with Gasteiger partial charge in [-0.15, -0.1) is 37.5 Å². The molecule has 2 aliphatic rings. The minimum Gasteiger partial charge on any atom is -0.389 e. The number of thiazole rings is 1. The second kappa shape index (κ2) is 24.0. The number of hydrogen-bond donors (Lipinski definition) is 7. The van der Waals surface area contributed by atoms with Gasteiger partial charge in [-0.05, 0) is 50.2 Å². The number of likely N-dealkylation sites (N-methyl/N-ethyl adjacent to an activating group) is 1. The predicted molar refractivity (Wildman–Crippen MR) is 204 cm³/mol. The van der Waals surface area contributed by atoms with E-state index >= 15 is 0 Å². The van der Waals surface area contributed by atoms with Gasteiger partial charge in [0, 0.05) is 47.6 Å². The van der Waals surface area contributed by atoms with Crippen molar-refractivity contribution in [3.8, 4) is 48.1 Å². The number of likely N-dealkylation sites (tertiary alicyclic amines) is 1. The van der Waals surface area contributed by atoms with E-state index in [4.69, 9.17) is 39.9 Å². The maximum atomic E-state index is 13.7. The standard InChI is InChI=1S/C12H8FN3OS.C12H13NS.C5H9NO2.C4H7NO2.C2H2.CH5N/c1-2-6-3-4-8(13)7(5-6)12-16-9(10(14)17)11(15)18-12;1-4-10-6-5-7-11(8-10)12(13)14-9(2)3;1-6-3-2-4(7)5(6)8;6-3-1-2-5-4(3)7;2*1-2/h1,3-5H,15H2,(H2,14,17);1,5-9,13H,2-3H3;4,7H,2-3H2,1H3;3,6H,1-2H2,(H,5,7);1-2H;2H2,1H3/t;;4-;3-;;/m..00../s1. The molecule has 0 unspecified atom stereocenters. The zero-order chi connectivity index (χ0) is 39.3. The van der Waals surface area contributed by atoms with Crippen LogP contribution in [0.4, 0.5) is 9.39 Å². The number of terminal acetylenes is 3. The Hall–Kier alpha value is -5.21. The lowest BCUT2D eigenvalue weighted by molar-refractivity contribution is -0.133. The van der Waals surface area contributed by atoms with Crippen molar-refractivity contribution in [1.29, 1.82) is 5.41 Å². The third kappa shape index (κ3) is 15.5. The van der Waals surface area contributed by atoms with E-state index in [-0.39, 0.29) is 33.1 Å². The van der Waals surface area contributed by atoms with E-state index in [0.717, 1.165) is 22.5 Å². The largest absolute Gasteiger partial charge is 0.389 e. The maximum Gasteiger partial charge on any atom is 0.270 e. The van der Waals surface area contributed by atoms with Crippen LogP contribution in [0.15, 0.2) is 42.5 Å². The predicted octanol–water partition coefficient (Wildman–Crippen LogP) is 2.65. The molecule has 12 nitrogen and oxygen atoms in total. The number of aliphatic hydroxyl groups excluding tert-OH is 2. The first kappa shape index (κ1) is 45.8. The van der Waals surface area contributed by atoms with Crippen molar-refractivity contribution in [1.82, 2.24) is 15.2 Å². The lowest BCUT2D eigenvalue weighted by Crippen LogP contribution is -2.24. The number of benzene rings is 2. The molecule has 15 heteroatoms. The van der Waals surface area contributed by atoms with Gasteiger partial charge in [0.1, 0.15) is 28.0 Å². The summed E-state index contributed by atoms with van der Waals surface area (Å²) in [4.78, 5) is 37.3.